The minimum atomic E-state index is -0.283. The molecule has 0 saturated carbocycles. The highest BCUT2D eigenvalue weighted by Gasteiger charge is 2.03. The van der Waals surface area contributed by atoms with E-state index in [9.17, 15) is 9.59 Å². The van der Waals surface area contributed by atoms with E-state index in [2.05, 4.69) is 23.7 Å². The molecule has 0 rings (SSSR count). The van der Waals surface area contributed by atoms with Gasteiger partial charge in [-0.15, -0.1) is 0 Å². The Balaban J connectivity index is 3.48. The lowest BCUT2D eigenvalue weighted by Gasteiger charge is -2.02. The van der Waals surface area contributed by atoms with E-state index in [-0.39, 0.29) is 25.2 Å². The molecule has 0 aromatic carbocycles. The molecule has 0 aromatic rings. The second-order valence-electron chi connectivity index (χ2n) is 5.26. The first-order chi connectivity index (χ1) is 12.7. The highest BCUT2D eigenvalue weighted by molar-refractivity contribution is 5.69. The van der Waals surface area contributed by atoms with Gasteiger partial charge in [0.25, 0.3) is 0 Å². The summed E-state index contributed by atoms with van der Waals surface area (Å²) in [4.78, 5) is 22.9. The number of unbranched alkanes of at least 4 members (excludes halogenated alkanes) is 5. The van der Waals surface area contributed by atoms with E-state index in [1.165, 1.54) is 0 Å². The lowest BCUT2D eigenvalue weighted by atomic mass is 10.1. The summed E-state index contributed by atoms with van der Waals surface area (Å²) >= 11 is 0. The molecule has 0 unspecified atom stereocenters. The molecule has 0 aliphatic heterocycles. The third-order valence-corrected chi connectivity index (χ3v) is 3.10. The first-order valence-corrected chi connectivity index (χ1v) is 8.67. The van der Waals surface area contributed by atoms with Crippen molar-refractivity contribution in [3.05, 3.63) is 0 Å². The molecule has 0 aliphatic rings. The molecular formula is C20H24N2O4. The molecule has 0 spiro atoms. The molecule has 6 heteroatoms. The molecule has 0 N–H and O–H groups in total. The van der Waals surface area contributed by atoms with Gasteiger partial charge in [0.15, 0.2) is 13.2 Å². The minimum absolute atomic E-state index is 0.0650. The number of nitrogens with zero attached hydrogens (tertiary/aromatic N) is 2. The molecule has 6 nitrogen and oxygen atoms in total. The standard InChI is InChI=1S/C20H24N2O4/c21-15-9-3-5-11-17-25-19(23)13-7-1-2-8-14-20(24)26-18-12-6-4-10-16-22/h1-4,7-10,13-14,17-18H2. The quantitative estimate of drug-likeness (QED) is 0.320. The Morgan fingerprint density at radius 3 is 1.42 bits per heavy atom. The fraction of sp³-hybridized carbons (Fsp3) is 0.600. The first-order valence-electron chi connectivity index (χ1n) is 8.67. The summed E-state index contributed by atoms with van der Waals surface area (Å²) in [6, 6.07) is 3.97. The van der Waals surface area contributed by atoms with Gasteiger partial charge in [-0.25, -0.2) is 0 Å². The summed E-state index contributed by atoms with van der Waals surface area (Å²) in [5, 5.41) is 16.7. The Morgan fingerprint density at radius 2 is 1.04 bits per heavy atom. The smallest absolute Gasteiger partial charge is 0.306 e. The van der Waals surface area contributed by atoms with Gasteiger partial charge in [0, 0.05) is 38.5 Å². The molecule has 0 aliphatic carbocycles. The molecule has 0 radical (unpaired) electrons. The number of carbonyl (C=O) groups excluding carboxylic acids is 2. The Bertz CT molecular complexity index is 565. The minimum Gasteiger partial charge on any atom is -0.452 e. The van der Waals surface area contributed by atoms with Crippen molar-refractivity contribution in [1.82, 2.24) is 0 Å². The second-order valence-corrected chi connectivity index (χ2v) is 5.26. The summed E-state index contributed by atoms with van der Waals surface area (Å²) in [6.45, 7) is 0.130. The highest BCUT2D eigenvalue weighted by atomic mass is 16.5. The van der Waals surface area contributed by atoms with Gasteiger partial charge in [-0.2, -0.15) is 10.5 Å². The van der Waals surface area contributed by atoms with Crippen LogP contribution in [-0.2, 0) is 19.1 Å². The van der Waals surface area contributed by atoms with E-state index in [0.29, 0.717) is 51.4 Å². The fourth-order valence-corrected chi connectivity index (χ4v) is 1.79. The van der Waals surface area contributed by atoms with E-state index >= 15 is 0 Å². The number of rotatable bonds is 11. The van der Waals surface area contributed by atoms with Crippen LogP contribution in [0.15, 0.2) is 0 Å². The van der Waals surface area contributed by atoms with E-state index in [1.807, 2.05) is 12.1 Å². The monoisotopic (exact) mass is 356 g/mol. The molecule has 0 heterocycles. The normalized spacial score (nSPS) is 8.69. The Labute approximate surface area is 155 Å². The third kappa shape index (κ3) is 17.4. The topological polar surface area (TPSA) is 100 Å². The molecule has 0 fully saturated rings. The van der Waals surface area contributed by atoms with E-state index in [0.717, 1.165) is 12.8 Å². The maximum atomic E-state index is 11.4. The van der Waals surface area contributed by atoms with Crippen LogP contribution in [0.1, 0.15) is 64.2 Å². The van der Waals surface area contributed by atoms with Crippen LogP contribution in [0.25, 0.3) is 0 Å². The molecule has 0 aromatic heterocycles. The zero-order valence-electron chi connectivity index (χ0n) is 15.0. The van der Waals surface area contributed by atoms with Crippen LogP contribution in [0.5, 0.6) is 0 Å². The summed E-state index contributed by atoms with van der Waals surface area (Å²) in [5.41, 5.74) is 0. The Kier molecular flexibility index (Phi) is 16.3. The van der Waals surface area contributed by atoms with Crippen molar-refractivity contribution < 1.29 is 19.1 Å². The van der Waals surface area contributed by atoms with Gasteiger partial charge in [0.1, 0.15) is 0 Å². The van der Waals surface area contributed by atoms with Crippen molar-refractivity contribution >= 4 is 11.9 Å². The second kappa shape index (κ2) is 18.4. The molecular weight excluding hydrogens is 332 g/mol. The molecule has 0 atom stereocenters. The highest BCUT2D eigenvalue weighted by Crippen LogP contribution is 2.07. The number of nitriles is 2. The number of esters is 2. The van der Waals surface area contributed by atoms with Gasteiger partial charge in [-0.05, 0) is 12.8 Å². The van der Waals surface area contributed by atoms with E-state index in [4.69, 9.17) is 20.0 Å². The van der Waals surface area contributed by atoms with E-state index in [1.54, 1.807) is 0 Å². The summed E-state index contributed by atoms with van der Waals surface area (Å²) in [7, 11) is 0. The van der Waals surface area contributed by atoms with Crippen LogP contribution in [-0.4, -0.2) is 25.2 Å². The average molecular weight is 356 g/mol. The van der Waals surface area contributed by atoms with Crippen LogP contribution < -0.4 is 0 Å². The van der Waals surface area contributed by atoms with Gasteiger partial charge >= 0.3 is 11.9 Å². The maximum Gasteiger partial charge on any atom is 0.306 e. The van der Waals surface area contributed by atoms with Gasteiger partial charge in [-0.1, -0.05) is 36.5 Å². The SMILES string of the molecule is N#CCCC#CCOC(=O)CCCCCCC(=O)OCC#CCCC#N. The zero-order chi connectivity index (χ0) is 19.3. The van der Waals surface area contributed by atoms with Gasteiger partial charge in [0.05, 0.1) is 12.1 Å². The van der Waals surface area contributed by atoms with Crippen LogP contribution in [0, 0.1) is 46.3 Å². The summed E-state index contributed by atoms with van der Waals surface area (Å²) in [6.07, 6.45) is 5.50. The lowest BCUT2D eigenvalue weighted by Crippen LogP contribution is -2.05. The van der Waals surface area contributed by atoms with Crippen molar-refractivity contribution in [2.45, 2.75) is 64.2 Å². The predicted octanol–water partition coefficient (Wildman–Crippen LogP) is 3.03. The van der Waals surface area contributed by atoms with Crippen molar-refractivity contribution in [2.75, 3.05) is 13.2 Å². The van der Waals surface area contributed by atoms with E-state index < -0.39 is 0 Å². The third-order valence-electron chi connectivity index (χ3n) is 3.10. The predicted molar refractivity (Wildman–Crippen MR) is 94.9 cm³/mol. The first kappa shape index (κ1) is 23.0. The number of hydrogen-bond acceptors (Lipinski definition) is 6. The number of hydrogen-bond donors (Lipinski definition) is 0. The van der Waals surface area contributed by atoms with Crippen molar-refractivity contribution in [3.8, 4) is 35.8 Å². The van der Waals surface area contributed by atoms with Crippen molar-refractivity contribution in [1.29, 1.82) is 10.5 Å². The van der Waals surface area contributed by atoms with Crippen LogP contribution >= 0.6 is 0 Å². The molecule has 0 bridgehead atoms. The molecule has 0 saturated heterocycles. The lowest BCUT2D eigenvalue weighted by molar-refractivity contribution is -0.143. The van der Waals surface area contributed by atoms with Crippen LogP contribution in [0.3, 0.4) is 0 Å². The van der Waals surface area contributed by atoms with Gasteiger partial charge in [0.2, 0.25) is 0 Å². The zero-order valence-corrected chi connectivity index (χ0v) is 15.0. The molecule has 0 amide bonds. The summed E-state index contributed by atoms with van der Waals surface area (Å²) in [5.74, 6) is 10.3. The average Bonchev–Trinajstić information content (AvgIpc) is 2.63. The molecule has 26 heavy (non-hydrogen) atoms. The largest absolute Gasteiger partial charge is 0.452 e. The Hall–Kier alpha value is -2.96. The fourth-order valence-electron chi connectivity index (χ4n) is 1.79. The molecule has 138 valence electrons. The summed E-state index contributed by atoms with van der Waals surface area (Å²) < 4.78 is 9.89. The van der Waals surface area contributed by atoms with Crippen molar-refractivity contribution in [2.24, 2.45) is 0 Å². The maximum absolute atomic E-state index is 11.4. The van der Waals surface area contributed by atoms with Crippen molar-refractivity contribution in [3.63, 3.8) is 0 Å². The van der Waals surface area contributed by atoms with Gasteiger partial charge in [-0.3, -0.25) is 9.59 Å². The van der Waals surface area contributed by atoms with Crippen LogP contribution in [0.4, 0.5) is 0 Å². The number of carbonyl (C=O) groups is 2. The Morgan fingerprint density at radius 1 is 0.615 bits per heavy atom. The number of ether oxygens (including phenoxy) is 2. The van der Waals surface area contributed by atoms with Gasteiger partial charge < -0.3 is 9.47 Å². The van der Waals surface area contributed by atoms with Crippen LogP contribution in [0.2, 0.25) is 0 Å².